The molecule has 2 fully saturated rings. The number of nitrogens with zero attached hydrogens (tertiary/aromatic N) is 1. The van der Waals surface area contributed by atoms with E-state index in [9.17, 15) is 5.11 Å². The summed E-state index contributed by atoms with van der Waals surface area (Å²) in [6.45, 7) is 1.21. The van der Waals surface area contributed by atoms with E-state index in [1.165, 1.54) is 19.4 Å². The molecule has 0 amide bonds. The minimum Gasteiger partial charge on any atom is -0.391 e. The van der Waals surface area contributed by atoms with E-state index in [4.69, 9.17) is 0 Å². The molecule has 0 spiro atoms. The van der Waals surface area contributed by atoms with Crippen molar-refractivity contribution in [2.24, 2.45) is 0 Å². The zero-order chi connectivity index (χ0) is 8.55. The Bertz CT molecular complexity index is 149. The SMILES string of the molecule is CN1CCC[C@H]1[C@H]1SSC[C@H]1O. The molecular weight excluding hydrogens is 190 g/mol. The van der Waals surface area contributed by atoms with Crippen LogP contribution in [0.1, 0.15) is 12.8 Å². The summed E-state index contributed by atoms with van der Waals surface area (Å²) in [5.74, 6) is 0.916. The molecule has 2 rings (SSSR count). The third-order valence-electron chi connectivity index (χ3n) is 2.75. The van der Waals surface area contributed by atoms with Crippen LogP contribution in [0.4, 0.5) is 0 Å². The summed E-state index contributed by atoms with van der Waals surface area (Å²) < 4.78 is 0. The first-order valence-electron chi connectivity index (χ1n) is 4.45. The van der Waals surface area contributed by atoms with Gasteiger partial charge in [0.15, 0.2) is 0 Å². The second-order valence-electron chi connectivity index (χ2n) is 3.60. The molecule has 4 heteroatoms. The van der Waals surface area contributed by atoms with Crippen molar-refractivity contribution in [1.29, 1.82) is 0 Å². The normalized spacial score (nSPS) is 44.0. The highest BCUT2D eigenvalue weighted by Gasteiger charge is 2.37. The molecule has 0 bridgehead atoms. The van der Waals surface area contributed by atoms with E-state index in [1.807, 2.05) is 21.6 Å². The lowest BCUT2D eigenvalue weighted by Crippen LogP contribution is -2.39. The molecule has 0 radical (unpaired) electrons. The summed E-state index contributed by atoms with van der Waals surface area (Å²) in [5.41, 5.74) is 0. The molecule has 2 aliphatic heterocycles. The maximum atomic E-state index is 9.70. The molecule has 0 unspecified atom stereocenters. The average Bonchev–Trinajstić information content (AvgIpc) is 2.59. The van der Waals surface area contributed by atoms with Crippen LogP contribution in [0.5, 0.6) is 0 Å². The third kappa shape index (κ3) is 1.62. The van der Waals surface area contributed by atoms with Crippen molar-refractivity contribution < 1.29 is 5.11 Å². The van der Waals surface area contributed by atoms with Crippen LogP contribution in [-0.2, 0) is 0 Å². The number of hydrogen-bond donors (Lipinski definition) is 1. The zero-order valence-corrected chi connectivity index (χ0v) is 8.90. The van der Waals surface area contributed by atoms with Crippen LogP contribution in [0, 0.1) is 0 Å². The second-order valence-corrected chi connectivity index (χ2v) is 6.19. The molecular formula is C8H15NOS2. The van der Waals surface area contributed by atoms with Gasteiger partial charge in [-0.2, -0.15) is 0 Å². The maximum Gasteiger partial charge on any atom is 0.0780 e. The van der Waals surface area contributed by atoms with Crippen molar-refractivity contribution >= 4 is 21.6 Å². The first-order chi connectivity index (χ1) is 5.79. The summed E-state index contributed by atoms with van der Waals surface area (Å²) in [6.07, 6.45) is 2.49. The van der Waals surface area contributed by atoms with Crippen molar-refractivity contribution in [1.82, 2.24) is 4.90 Å². The van der Waals surface area contributed by atoms with Crippen molar-refractivity contribution in [2.45, 2.75) is 30.2 Å². The van der Waals surface area contributed by atoms with Gasteiger partial charge in [-0.15, -0.1) is 0 Å². The van der Waals surface area contributed by atoms with E-state index in [0.717, 1.165) is 5.75 Å². The van der Waals surface area contributed by atoms with Gasteiger partial charge >= 0.3 is 0 Å². The standard InChI is InChI=1S/C8H15NOS2/c1-9-4-2-3-6(9)8-7(10)5-11-12-8/h6-8,10H,2-5H2,1H3/t6-,7+,8+/m0/s1. The Morgan fingerprint density at radius 3 is 2.83 bits per heavy atom. The molecule has 0 saturated carbocycles. The van der Waals surface area contributed by atoms with Crippen molar-refractivity contribution in [2.75, 3.05) is 19.3 Å². The Morgan fingerprint density at radius 2 is 2.33 bits per heavy atom. The monoisotopic (exact) mass is 205 g/mol. The fourth-order valence-corrected chi connectivity index (χ4v) is 5.31. The largest absolute Gasteiger partial charge is 0.391 e. The molecule has 1 N–H and O–H groups in total. The highest BCUT2D eigenvalue weighted by atomic mass is 33.1. The number of aliphatic hydroxyl groups is 1. The van der Waals surface area contributed by atoms with Gasteiger partial charge in [0.05, 0.1) is 11.4 Å². The van der Waals surface area contributed by atoms with E-state index >= 15 is 0 Å². The average molecular weight is 205 g/mol. The molecule has 12 heavy (non-hydrogen) atoms. The lowest BCUT2D eigenvalue weighted by molar-refractivity contribution is 0.159. The van der Waals surface area contributed by atoms with E-state index in [1.54, 1.807) is 0 Å². The Labute approximate surface area is 81.5 Å². The highest BCUT2D eigenvalue weighted by Crippen LogP contribution is 2.42. The fourth-order valence-electron chi connectivity index (χ4n) is 2.02. The minimum absolute atomic E-state index is 0.0782. The summed E-state index contributed by atoms with van der Waals surface area (Å²) in [7, 11) is 5.87. The quantitative estimate of drug-likeness (QED) is 0.650. The van der Waals surface area contributed by atoms with Gasteiger partial charge in [0, 0.05) is 11.8 Å². The van der Waals surface area contributed by atoms with Gasteiger partial charge < -0.3 is 10.0 Å². The Balaban J connectivity index is 1.98. The molecule has 0 aromatic carbocycles. The maximum absolute atomic E-state index is 9.70. The van der Waals surface area contributed by atoms with E-state index in [-0.39, 0.29) is 6.10 Å². The van der Waals surface area contributed by atoms with Gasteiger partial charge in [0.1, 0.15) is 0 Å². The minimum atomic E-state index is -0.0782. The topological polar surface area (TPSA) is 23.5 Å². The van der Waals surface area contributed by atoms with Crippen molar-refractivity contribution in [3.8, 4) is 0 Å². The highest BCUT2D eigenvalue weighted by molar-refractivity contribution is 8.77. The van der Waals surface area contributed by atoms with E-state index < -0.39 is 0 Å². The summed E-state index contributed by atoms with van der Waals surface area (Å²) in [4.78, 5) is 2.40. The van der Waals surface area contributed by atoms with Gasteiger partial charge in [0.25, 0.3) is 0 Å². The van der Waals surface area contributed by atoms with Crippen LogP contribution in [-0.4, -0.2) is 46.7 Å². The number of likely N-dealkylation sites (tertiary alicyclic amines) is 1. The first kappa shape index (κ1) is 9.19. The Kier molecular flexibility index (Phi) is 2.89. The summed E-state index contributed by atoms with van der Waals surface area (Å²) in [5, 5.41) is 10.2. The summed E-state index contributed by atoms with van der Waals surface area (Å²) >= 11 is 0. The molecule has 2 aliphatic rings. The van der Waals surface area contributed by atoms with Crippen LogP contribution in [0.15, 0.2) is 0 Å². The van der Waals surface area contributed by atoms with Gasteiger partial charge in [-0.3, -0.25) is 0 Å². The summed E-state index contributed by atoms with van der Waals surface area (Å²) in [6, 6.07) is 0.625. The molecule has 3 atom stereocenters. The van der Waals surface area contributed by atoms with Gasteiger partial charge in [-0.1, -0.05) is 21.6 Å². The first-order valence-corrected chi connectivity index (χ1v) is 6.84. The molecule has 70 valence electrons. The van der Waals surface area contributed by atoms with Gasteiger partial charge in [0.2, 0.25) is 0 Å². The lowest BCUT2D eigenvalue weighted by Gasteiger charge is -2.26. The predicted octanol–water partition coefficient (Wildman–Crippen LogP) is 1.21. The zero-order valence-electron chi connectivity index (χ0n) is 7.27. The van der Waals surface area contributed by atoms with Crippen LogP contribution in [0.3, 0.4) is 0 Å². The van der Waals surface area contributed by atoms with Crippen LogP contribution in [0.25, 0.3) is 0 Å². The second kappa shape index (κ2) is 3.78. The van der Waals surface area contributed by atoms with Crippen molar-refractivity contribution in [3.05, 3.63) is 0 Å². The third-order valence-corrected chi connectivity index (χ3v) is 5.70. The predicted molar refractivity (Wildman–Crippen MR) is 55.5 cm³/mol. The molecule has 0 aromatic rings. The molecule has 2 heterocycles. The molecule has 2 nitrogen and oxygen atoms in total. The van der Waals surface area contributed by atoms with E-state index in [0.29, 0.717) is 11.3 Å². The Morgan fingerprint density at radius 1 is 1.50 bits per heavy atom. The number of aliphatic hydroxyl groups excluding tert-OH is 1. The molecule has 0 aromatic heterocycles. The van der Waals surface area contributed by atoms with Gasteiger partial charge in [-0.05, 0) is 26.4 Å². The molecule has 0 aliphatic carbocycles. The van der Waals surface area contributed by atoms with E-state index in [2.05, 4.69) is 11.9 Å². The van der Waals surface area contributed by atoms with Crippen LogP contribution < -0.4 is 0 Å². The molecule has 2 saturated heterocycles. The smallest absolute Gasteiger partial charge is 0.0780 e. The number of rotatable bonds is 1. The Hall–Kier alpha value is 0.620. The van der Waals surface area contributed by atoms with Crippen LogP contribution in [0.2, 0.25) is 0 Å². The lowest BCUT2D eigenvalue weighted by atomic mass is 10.1. The number of hydrogen-bond acceptors (Lipinski definition) is 4. The fraction of sp³-hybridized carbons (Fsp3) is 1.00. The van der Waals surface area contributed by atoms with Crippen molar-refractivity contribution in [3.63, 3.8) is 0 Å². The van der Waals surface area contributed by atoms with Gasteiger partial charge in [-0.25, -0.2) is 0 Å². The van der Waals surface area contributed by atoms with Crippen LogP contribution >= 0.6 is 21.6 Å².